The summed E-state index contributed by atoms with van der Waals surface area (Å²) in [5, 5.41) is 3.62. The number of allylic oxidation sites excluding steroid dienone is 5. The summed E-state index contributed by atoms with van der Waals surface area (Å²) in [6, 6.07) is 13.3. The second-order valence-electron chi connectivity index (χ2n) is 11.3. The van der Waals surface area contributed by atoms with Crippen molar-refractivity contribution in [3.8, 4) is 5.75 Å². The maximum atomic E-state index is 13.5. The maximum Gasteiger partial charge on any atom is 0.291 e. The number of amidine groups is 1. The molecule has 0 bridgehead atoms. The smallest absolute Gasteiger partial charge is 0.291 e. The lowest BCUT2D eigenvalue weighted by Gasteiger charge is -2.33. The predicted octanol–water partition coefficient (Wildman–Crippen LogP) is 7.93. The number of nitrogens with one attached hydrogen (secondary N) is 1. The van der Waals surface area contributed by atoms with Crippen molar-refractivity contribution in [1.29, 1.82) is 0 Å². The number of aryl methyl sites for hydroxylation is 1. The van der Waals surface area contributed by atoms with E-state index in [0.29, 0.717) is 29.4 Å². The summed E-state index contributed by atoms with van der Waals surface area (Å²) in [5.74, 6) is 1.57. The minimum absolute atomic E-state index is 0.207. The van der Waals surface area contributed by atoms with E-state index in [1.54, 1.807) is 33.4 Å². The number of amides is 1. The van der Waals surface area contributed by atoms with Gasteiger partial charge in [-0.05, 0) is 93.2 Å². The first-order valence-electron chi connectivity index (χ1n) is 15.4. The summed E-state index contributed by atoms with van der Waals surface area (Å²) in [4.78, 5) is 19.8. The number of halogens is 1. The maximum absolute atomic E-state index is 13.5. The standard InChI is InChI=1S/C37H44FN3O5/c1-8-28(20-24(2)38)29-13-14-33-32(22-29)26(4)35(46-33)36(42)40-25(3)12-15-34(39-5)41-18-16-27(17-19-41)23-45-31-11-9-10-30(21-31)37(43-6)44-7/h8-15,20-22,27,37H,3,16-19,23H2,1-2,4-7H3,(H,40,42). The van der Waals surface area contributed by atoms with Crippen molar-refractivity contribution >= 4 is 28.3 Å². The van der Waals surface area contributed by atoms with Gasteiger partial charge in [0.1, 0.15) is 17.2 Å². The quantitative estimate of drug-likeness (QED) is 0.0948. The molecule has 1 aliphatic rings. The van der Waals surface area contributed by atoms with E-state index in [0.717, 1.165) is 59.6 Å². The molecule has 1 aromatic heterocycles. The number of likely N-dealkylation sites (tertiary alicyclic amines) is 1. The van der Waals surface area contributed by atoms with E-state index in [9.17, 15) is 9.18 Å². The Morgan fingerprint density at radius 3 is 2.57 bits per heavy atom. The third kappa shape index (κ3) is 8.62. The number of fused-ring (bicyclic) bond motifs is 1. The molecule has 0 spiro atoms. The van der Waals surface area contributed by atoms with Crippen molar-refractivity contribution in [3.63, 3.8) is 0 Å². The number of carbonyl (C=O) groups excluding carboxylic acids is 1. The highest BCUT2D eigenvalue weighted by Crippen LogP contribution is 2.30. The van der Waals surface area contributed by atoms with Gasteiger partial charge in [0, 0.05) is 56.6 Å². The van der Waals surface area contributed by atoms with E-state index < -0.39 is 12.2 Å². The Balaban J connectivity index is 1.30. The Morgan fingerprint density at radius 2 is 1.91 bits per heavy atom. The molecule has 8 nitrogen and oxygen atoms in total. The van der Waals surface area contributed by atoms with Crippen LogP contribution in [0, 0.1) is 12.8 Å². The fourth-order valence-corrected chi connectivity index (χ4v) is 5.57. The second kappa shape index (κ2) is 16.2. The monoisotopic (exact) mass is 629 g/mol. The molecule has 0 unspecified atom stereocenters. The van der Waals surface area contributed by atoms with E-state index in [4.69, 9.17) is 18.6 Å². The van der Waals surface area contributed by atoms with Crippen LogP contribution in [0.15, 0.2) is 94.3 Å². The Bertz CT molecular complexity index is 1650. The van der Waals surface area contributed by atoms with E-state index in [1.165, 1.54) is 13.0 Å². The summed E-state index contributed by atoms with van der Waals surface area (Å²) in [7, 11) is 4.98. The largest absolute Gasteiger partial charge is 0.493 e. The number of carbonyl (C=O) groups is 1. The first-order chi connectivity index (χ1) is 22.2. The summed E-state index contributed by atoms with van der Waals surface area (Å²) in [6.07, 6.45) is 8.45. The van der Waals surface area contributed by atoms with Gasteiger partial charge in [-0.15, -0.1) is 0 Å². The van der Waals surface area contributed by atoms with Crippen LogP contribution < -0.4 is 10.1 Å². The number of rotatable bonds is 12. The van der Waals surface area contributed by atoms with Gasteiger partial charge in [-0.3, -0.25) is 9.79 Å². The summed E-state index contributed by atoms with van der Waals surface area (Å²) in [6.45, 7) is 11.4. The molecule has 1 aliphatic heterocycles. The number of aliphatic imine (C=N–C) groups is 1. The molecule has 4 rings (SSSR count). The Labute approximate surface area is 270 Å². The van der Waals surface area contributed by atoms with E-state index in [-0.39, 0.29) is 11.6 Å². The van der Waals surface area contributed by atoms with Crippen LogP contribution in [0.1, 0.15) is 60.2 Å². The highest BCUT2D eigenvalue weighted by Gasteiger charge is 2.22. The van der Waals surface area contributed by atoms with Crippen molar-refractivity contribution in [2.75, 3.05) is 41.0 Å². The summed E-state index contributed by atoms with van der Waals surface area (Å²) < 4.78 is 36.3. The van der Waals surface area contributed by atoms with Gasteiger partial charge in [-0.1, -0.05) is 30.9 Å². The fraction of sp³-hybridized carbons (Fsp3) is 0.351. The lowest BCUT2D eigenvalue weighted by molar-refractivity contribution is -0.106. The topological polar surface area (TPSA) is 85.5 Å². The Hall–Kier alpha value is -4.47. The molecule has 2 aromatic carbocycles. The van der Waals surface area contributed by atoms with Crippen molar-refractivity contribution in [2.24, 2.45) is 10.9 Å². The third-order valence-corrected chi connectivity index (χ3v) is 8.06. The number of furan rings is 1. The number of nitrogens with zero attached hydrogens (tertiary/aromatic N) is 2. The SMILES string of the molecule is C=C(C=CC(=NC)N1CCC(COc2cccc(C(OC)OC)c2)CC1)NC(=O)c1oc2ccc(C(C=C(C)F)=CC)cc2c1C. The number of ether oxygens (including phenoxy) is 3. The molecule has 0 aliphatic carbocycles. The molecule has 244 valence electrons. The van der Waals surface area contributed by atoms with Crippen molar-refractivity contribution in [2.45, 2.75) is 39.9 Å². The fourth-order valence-electron chi connectivity index (χ4n) is 5.57. The van der Waals surface area contributed by atoms with Crippen LogP contribution in [-0.2, 0) is 9.47 Å². The normalized spacial score (nSPS) is 15.3. The molecular weight excluding hydrogens is 585 g/mol. The van der Waals surface area contributed by atoms with Crippen molar-refractivity contribution in [3.05, 3.63) is 107 Å². The minimum atomic E-state index is -0.423. The lowest BCUT2D eigenvalue weighted by Crippen LogP contribution is -2.39. The van der Waals surface area contributed by atoms with Crippen LogP contribution in [0.25, 0.3) is 16.5 Å². The number of benzene rings is 2. The van der Waals surface area contributed by atoms with Crippen LogP contribution in [-0.4, -0.2) is 57.6 Å². The van der Waals surface area contributed by atoms with Crippen LogP contribution in [0.3, 0.4) is 0 Å². The molecular formula is C37H44FN3O5. The molecule has 3 aromatic rings. The second-order valence-corrected chi connectivity index (χ2v) is 11.3. The molecule has 0 saturated carbocycles. The van der Waals surface area contributed by atoms with Gasteiger partial charge in [0.2, 0.25) is 0 Å². The Kier molecular flexibility index (Phi) is 12.1. The van der Waals surface area contributed by atoms with E-state index in [2.05, 4.69) is 21.8 Å². The highest BCUT2D eigenvalue weighted by molar-refractivity contribution is 6.01. The van der Waals surface area contributed by atoms with Crippen molar-refractivity contribution < 1.29 is 27.8 Å². The molecule has 2 heterocycles. The number of hydrogen-bond donors (Lipinski definition) is 1. The van der Waals surface area contributed by atoms with Gasteiger partial charge in [0.15, 0.2) is 12.1 Å². The zero-order valence-electron chi connectivity index (χ0n) is 27.6. The average Bonchev–Trinajstić information content (AvgIpc) is 3.39. The molecule has 1 saturated heterocycles. The van der Waals surface area contributed by atoms with Gasteiger partial charge in [0.25, 0.3) is 5.91 Å². The first-order valence-corrected chi connectivity index (χ1v) is 15.4. The lowest BCUT2D eigenvalue weighted by atomic mass is 9.97. The Morgan fingerprint density at radius 1 is 1.17 bits per heavy atom. The molecule has 0 atom stereocenters. The minimum Gasteiger partial charge on any atom is -0.493 e. The van der Waals surface area contributed by atoms with Crippen LogP contribution in [0.5, 0.6) is 5.75 Å². The highest BCUT2D eigenvalue weighted by atomic mass is 19.1. The average molecular weight is 630 g/mol. The van der Waals surface area contributed by atoms with Gasteiger partial charge in [0.05, 0.1) is 12.4 Å². The molecule has 1 N–H and O–H groups in total. The van der Waals surface area contributed by atoms with E-state index >= 15 is 0 Å². The molecule has 46 heavy (non-hydrogen) atoms. The molecule has 1 amide bonds. The van der Waals surface area contributed by atoms with Crippen LogP contribution in [0.2, 0.25) is 0 Å². The van der Waals surface area contributed by atoms with E-state index in [1.807, 2.05) is 62.4 Å². The predicted molar refractivity (Wildman–Crippen MR) is 182 cm³/mol. The van der Waals surface area contributed by atoms with Gasteiger partial charge < -0.3 is 28.8 Å². The van der Waals surface area contributed by atoms with Gasteiger partial charge in [-0.2, -0.15) is 0 Å². The van der Waals surface area contributed by atoms with Crippen molar-refractivity contribution in [1.82, 2.24) is 10.2 Å². The summed E-state index contributed by atoms with van der Waals surface area (Å²) >= 11 is 0. The zero-order valence-corrected chi connectivity index (χ0v) is 27.6. The van der Waals surface area contributed by atoms with Crippen LogP contribution >= 0.6 is 0 Å². The van der Waals surface area contributed by atoms with Gasteiger partial charge >= 0.3 is 0 Å². The number of piperidine rings is 1. The first kappa shape index (κ1) is 34.4. The number of methoxy groups -OCH3 is 2. The summed E-state index contributed by atoms with van der Waals surface area (Å²) in [5.41, 5.74) is 4.20. The van der Waals surface area contributed by atoms with Gasteiger partial charge in [-0.25, -0.2) is 4.39 Å². The number of hydrogen-bond acceptors (Lipinski definition) is 6. The third-order valence-electron chi connectivity index (χ3n) is 8.06. The zero-order chi connectivity index (χ0) is 33.2. The van der Waals surface area contributed by atoms with Crippen LogP contribution in [0.4, 0.5) is 4.39 Å². The molecule has 9 heteroatoms. The molecule has 0 radical (unpaired) electrons. The molecule has 1 fully saturated rings.